The van der Waals surface area contributed by atoms with Crippen LogP contribution in [0.5, 0.6) is 5.75 Å². The SMILES string of the molecule is CS(=O)(=O)N1CC(n2cnc3cc(OCCN4CCC5(CC4)C(=O)Nc4ccc(Cl)cc45)cc(C(F)(F)F)c32)C1. The fraction of sp³-hybridized carbons (Fsp3) is 0.462. The molecule has 0 saturated carbocycles. The summed E-state index contributed by atoms with van der Waals surface area (Å²) in [7, 11) is -3.40. The molecule has 2 fully saturated rings. The number of hydrogen-bond acceptors (Lipinski definition) is 6. The summed E-state index contributed by atoms with van der Waals surface area (Å²) < 4.78 is 74.0. The lowest BCUT2D eigenvalue weighted by molar-refractivity contribution is -0.136. The molecule has 214 valence electrons. The topological polar surface area (TPSA) is 96.8 Å². The molecule has 4 heterocycles. The number of alkyl halides is 3. The number of fused-ring (bicyclic) bond motifs is 3. The summed E-state index contributed by atoms with van der Waals surface area (Å²) in [6.45, 7) is 2.10. The van der Waals surface area contributed by atoms with Gasteiger partial charge in [0.05, 0.1) is 40.6 Å². The molecule has 0 unspecified atom stereocenters. The number of anilines is 1. The van der Waals surface area contributed by atoms with Crippen LogP contribution in [0, 0.1) is 0 Å². The van der Waals surface area contributed by atoms with Gasteiger partial charge in [0.1, 0.15) is 12.4 Å². The van der Waals surface area contributed by atoms with Gasteiger partial charge in [-0.3, -0.25) is 9.69 Å². The van der Waals surface area contributed by atoms with Crippen molar-refractivity contribution in [3.05, 3.63) is 52.8 Å². The normalized spacial score (nSPS) is 20.1. The number of piperidine rings is 1. The zero-order valence-electron chi connectivity index (χ0n) is 21.5. The molecule has 1 aromatic heterocycles. The first kappa shape index (κ1) is 27.3. The summed E-state index contributed by atoms with van der Waals surface area (Å²) >= 11 is 6.19. The molecule has 6 rings (SSSR count). The van der Waals surface area contributed by atoms with Crippen molar-refractivity contribution < 1.29 is 31.1 Å². The van der Waals surface area contributed by atoms with Gasteiger partial charge in [0, 0.05) is 36.4 Å². The van der Waals surface area contributed by atoms with E-state index in [4.69, 9.17) is 16.3 Å². The van der Waals surface area contributed by atoms with Crippen LogP contribution in [0.15, 0.2) is 36.7 Å². The Morgan fingerprint density at radius 3 is 2.58 bits per heavy atom. The van der Waals surface area contributed by atoms with Crippen molar-refractivity contribution >= 4 is 44.3 Å². The predicted octanol–water partition coefficient (Wildman–Crippen LogP) is 3.89. The molecule has 40 heavy (non-hydrogen) atoms. The second-order valence-electron chi connectivity index (χ2n) is 10.6. The van der Waals surface area contributed by atoms with Gasteiger partial charge in [-0.15, -0.1) is 0 Å². The molecule has 3 aliphatic rings. The van der Waals surface area contributed by atoms with Gasteiger partial charge in [0.25, 0.3) is 0 Å². The fourth-order valence-electron chi connectivity index (χ4n) is 5.92. The molecule has 0 atom stereocenters. The number of aromatic nitrogens is 2. The fourth-order valence-corrected chi connectivity index (χ4v) is 6.98. The van der Waals surface area contributed by atoms with Crippen molar-refractivity contribution in [1.82, 2.24) is 18.8 Å². The van der Waals surface area contributed by atoms with Crippen molar-refractivity contribution in [1.29, 1.82) is 0 Å². The summed E-state index contributed by atoms with van der Waals surface area (Å²) in [5.74, 6) is 0.0303. The maximum absolute atomic E-state index is 14.1. The van der Waals surface area contributed by atoms with Gasteiger partial charge in [-0.25, -0.2) is 13.4 Å². The number of amides is 1. The Kier molecular flexibility index (Phi) is 6.56. The number of rotatable bonds is 6. The van der Waals surface area contributed by atoms with Gasteiger partial charge in [-0.1, -0.05) is 11.6 Å². The van der Waals surface area contributed by atoms with E-state index in [0.29, 0.717) is 37.5 Å². The van der Waals surface area contributed by atoms with Crippen LogP contribution in [-0.2, 0) is 26.4 Å². The van der Waals surface area contributed by atoms with Crippen LogP contribution in [0.2, 0.25) is 5.02 Å². The molecule has 0 radical (unpaired) electrons. The highest BCUT2D eigenvalue weighted by Crippen LogP contribution is 2.46. The Balaban J connectivity index is 1.12. The highest BCUT2D eigenvalue weighted by molar-refractivity contribution is 7.88. The number of carbonyl (C=O) groups excluding carboxylic acids is 1. The van der Waals surface area contributed by atoms with E-state index in [1.54, 1.807) is 6.07 Å². The van der Waals surface area contributed by atoms with E-state index in [2.05, 4.69) is 15.2 Å². The van der Waals surface area contributed by atoms with Crippen molar-refractivity contribution in [3.8, 4) is 5.75 Å². The first-order valence-corrected chi connectivity index (χ1v) is 15.1. The summed E-state index contributed by atoms with van der Waals surface area (Å²) in [5, 5.41) is 3.53. The highest BCUT2D eigenvalue weighted by Gasteiger charge is 2.48. The maximum atomic E-state index is 14.1. The number of nitrogens with one attached hydrogen (secondary N) is 1. The number of sulfonamides is 1. The zero-order chi connectivity index (χ0) is 28.4. The Labute approximate surface area is 233 Å². The van der Waals surface area contributed by atoms with E-state index in [1.807, 2.05) is 12.1 Å². The first-order valence-electron chi connectivity index (χ1n) is 12.8. The standard InChI is InChI=1S/C26H27ClF3N5O4S/c1-40(37,38)34-13-17(14-34)35-15-31-22-12-18(11-20(23(22)35)26(28,29)30)39-9-8-33-6-4-25(5-7-33)19-10-16(27)2-3-21(19)32-24(25)36/h2-3,10-12,15,17H,4-9,13-14H2,1H3,(H,32,36). The molecule has 1 amide bonds. The van der Waals surface area contributed by atoms with Crippen LogP contribution in [0.3, 0.4) is 0 Å². The van der Waals surface area contributed by atoms with Gasteiger partial charge in [0.2, 0.25) is 15.9 Å². The third-order valence-corrected chi connectivity index (χ3v) is 9.68. The number of ether oxygens (including phenoxy) is 1. The van der Waals surface area contributed by atoms with E-state index in [-0.39, 0.29) is 42.4 Å². The van der Waals surface area contributed by atoms with Crippen molar-refractivity contribution in [2.75, 3.05) is 50.9 Å². The minimum absolute atomic E-state index is 0.0287. The zero-order valence-corrected chi connectivity index (χ0v) is 23.1. The summed E-state index contributed by atoms with van der Waals surface area (Å²) in [6, 6.07) is 7.43. The number of halogens is 4. The molecule has 1 spiro atoms. The first-order chi connectivity index (χ1) is 18.8. The van der Waals surface area contributed by atoms with E-state index >= 15 is 0 Å². The number of benzene rings is 2. The van der Waals surface area contributed by atoms with E-state index in [9.17, 15) is 26.4 Å². The Bertz CT molecular complexity index is 1600. The Morgan fingerprint density at radius 1 is 1.18 bits per heavy atom. The number of carbonyl (C=O) groups is 1. The lowest BCUT2D eigenvalue weighted by Crippen LogP contribution is -2.50. The molecular weight excluding hydrogens is 571 g/mol. The quantitative estimate of drug-likeness (QED) is 0.463. The molecule has 3 aliphatic heterocycles. The van der Waals surface area contributed by atoms with Gasteiger partial charge >= 0.3 is 6.18 Å². The number of nitrogens with zero attached hydrogens (tertiary/aromatic N) is 4. The molecule has 9 nitrogen and oxygen atoms in total. The molecule has 0 aliphatic carbocycles. The predicted molar refractivity (Wildman–Crippen MR) is 143 cm³/mol. The number of likely N-dealkylation sites (tertiary alicyclic amines) is 1. The summed E-state index contributed by atoms with van der Waals surface area (Å²) in [5.41, 5.74) is 0.247. The summed E-state index contributed by atoms with van der Waals surface area (Å²) in [4.78, 5) is 19.1. The lowest BCUT2D eigenvalue weighted by Gasteiger charge is -2.38. The average molecular weight is 598 g/mol. The third kappa shape index (κ3) is 4.72. The third-order valence-electron chi connectivity index (χ3n) is 8.21. The molecular formula is C26H27ClF3N5O4S. The Morgan fingerprint density at radius 2 is 1.90 bits per heavy atom. The average Bonchev–Trinajstić information content (AvgIpc) is 3.36. The van der Waals surface area contributed by atoms with E-state index in [0.717, 1.165) is 23.6 Å². The second kappa shape index (κ2) is 9.61. The molecule has 2 saturated heterocycles. The highest BCUT2D eigenvalue weighted by atomic mass is 35.5. The van der Waals surface area contributed by atoms with Crippen LogP contribution in [0.25, 0.3) is 11.0 Å². The van der Waals surface area contributed by atoms with Crippen LogP contribution < -0.4 is 10.1 Å². The largest absolute Gasteiger partial charge is 0.492 e. The molecule has 2 aromatic carbocycles. The van der Waals surface area contributed by atoms with Crippen LogP contribution in [-0.4, -0.2) is 78.7 Å². The molecule has 3 aromatic rings. The number of hydrogen-bond donors (Lipinski definition) is 1. The van der Waals surface area contributed by atoms with E-state index < -0.39 is 33.2 Å². The van der Waals surface area contributed by atoms with Gasteiger partial charge in [-0.2, -0.15) is 17.5 Å². The molecule has 0 bridgehead atoms. The number of imidazole rings is 1. The molecule has 1 N–H and O–H groups in total. The van der Waals surface area contributed by atoms with Gasteiger partial charge < -0.3 is 14.6 Å². The van der Waals surface area contributed by atoms with Gasteiger partial charge in [0.15, 0.2) is 0 Å². The van der Waals surface area contributed by atoms with Crippen molar-refractivity contribution in [2.24, 2.45) is 0 Å². The van der Waals surface area contributed by atoms with Crippen LogP contribution in [0.1, 0.15) is 30.0 Å². The Hall–Kier alpha value is -2.87. The van der Waals surface area contributed by atoms with Gasteiger partial charge in [-0.05, 0) is 55.8 Å². The van der Waals surface area contributed by atoms with Crippen LogP contribution in [0.4, 0.5) is 18.9 Å². The lowest BCUT2D eigenvalue weighted by atomic mass is 9.73. The molecule has 14 heteroatoms. The van der Waals surface area contributed by atoms with Crippen molar-refractivity contribution in [3.63, 3.8) is 0 Å². The monoisotopic (exact) mass is 597 g/mol. The smallest absolute Gasteiger partial charge is 0.418 e. The minimum atomic E-state index is -4.65. The maximum Gasteiger partial charge on any atom is 0.418 e. The van der Waals surface area contributed by atoms with Crippen LogP contribution >= 0.6 is 11.6 Å². The second-order valence-corrected chi connectivity index (χ2v) is 13.1. The van der Waals surface area contributed by atoms with Crippen molar-refractivity contribution in [2.45, 2.75) is 30.5 Å². The van der Waals surface area contributed by atoms with E-state index in [1.165, 1.54) is 21.3 Å². The summed E-state index contributed by atoms with van der Waals surface area (Å²) in [6.07, 6.45) is -1.06. The minimum Gasteiger partial charge on any atom is -0.492 e.